The summed E-state index contributed by atoms with van der Waals surface area (Å²) in [6.07, 6.45) is 4.74. The number of amides is 1. The van der Waals surface area contributed by atoms with Gasteiger partial charge in [-0.15, -0.1) is 0 Å². The van der Waals surface area contributed by atoms with Gasteiger partial charge in [0.1, 0.15) is 5.69 Å². The number of carbonyl (C=O) groups is 1. The van der Waals surface area contributed by atoms with E-state index in [1.54, 1.807) is 12.1 Å². The highest BCUT2D eigenvalue weighted by Gasteiger charge is 2.24. The lowest BCUT2D eigenvalue weighted by molar-refractivity contribution is 0.0684. The summed E-state index contributed by atoms with van der Waals surface area (Å²) in [5.74, 6) is 0.670. The van der Waals surface area contributed by atoms with E-state index in [9.17, 15) is 4.79 Å². The molecule has 0 unspecified atom stereocenters. The number of carbonyl (C=O) groups excluding carboxylic acids is 1. The zero-order valence-corrected chi connectivity index (χ0v) is 12.6. The maximum Gasteiger partial charge on any atom is 0.272 e. The molecule has 22 heavy (non-hydrogen) atoms. The third-order valence-corrected chi connectivity index (χ3v) is 4.27. The maximum atomic E-state index is 12.4. The van der Waals surface area contributed by atoms with Crippen molar-refractivity contribution in [2.24, 2.45) is 5.92 Å². The number of piperidine rings is 1. The van der Waals surface area contributed by atoms with Gasteiger partial charge in [-0.05, 0) is 42.9 Å². The molecule has 0 saturated carbocycles. The van der Waals surface area contributed by atoms with Crippen molar-refractivity contribution in [2.45, 2.75) is 19.3 Å². The van der Waals surface area contributed by atoms with Gasteiger partial charge in [0.25, 0.3) is 5.91 Å². The summed E-state index contributed by atoms with van der Waals surface area (Å²) in [5.41, 5.74) is 8.06. The minimum Gasteiger partial charge on any atom is -0.397 e. The Labute approximate surface area is 131 Å². The van der Waals surface area contributed by atoms with Crippen molar-refractivity contribution >= 4 is 11.6 Å². The van der Waals surface area contributed by atoms with E-state index in [2.05, 4.69) is 29.2 Å². The average molecular weight is 295 g/mol. The van der Waals surface area contributed by atoms with Crippen LogP contribution in [0.1, 0.15) is 28.9 Å². The molecule has 0 bridgehead atoms. The molecule has 0 spiro atoms. The van der Waals surface area contributed by atoms with E-state index < -0.39 is 0 Å². The molecule has 4 heteroatoms. The smallest absolute Gasteiger partial charge is 0.272 e. The van der Waals surface area contributed by atoms with Crippen LogP contribution in [0, 0.1) is 5.92 Å². The summed E-state index contributed by atoms with van der Waals surface area (Å²) in [6.45, 7) is 1.62. The van der Waals surface area contributed by atoms with E-state index in [0.29, 0.717) is 17.3 Å². The minimum absolute atomic E-state index is 0.0122. The Morgan fingerprint density at radius 1 is 1.14 bits per heavy atom. The van der Waals surface area contributed by atoms with E-state index in [-0.39, 0.29) is 5.91 Å². The lowest BCUT2D eigenvalue weighted by Gasteiger charge is -2.32. The van der Waals surface area contributed by atoms with Crippen molar-refractivity contribution in [3.8, 4) is 0 Å². The molecule has 4 nitrogen and oxygen atoms in total. The third-order valence-electron chi connectivity index (χ3n) is 4.27. The van der Waals surface area contributed by atoms with Gasteiger partial charge in [0.15, 0.2) is 0 Å². The molecule has 1 aromatic heterocycles. The number of hydrogen-bond donors (Lipinski definition) is 1. The van der Waals surface area contributed by atoms with Gasteiger partial charge in [0.05, 0.1) is 11.9 Å². The predicted molar refractivity (Wildman–Crippen MR) is 87.4 cm³/mol. The van der Waals surface area contributed by atoms with E-state index in [1.165, 1.54) is 11.8 Å². The molecule has 1 aromatic carbocycles. The molecule has 2 N–H and O–H groups in total. The Bertz CT molecular complexity index is 617. The predicted octanol–water partition coefficient (Wildman–Crippen LogP) is 2.76. The first-order chi connectivity index (χ1) is 10.7. The van der Waals surface area contributed by atoms with Crippen LogP contribution in [-0.4, -0.2) is 28.9 Å². The van der Waals surface area contributed by atoms with E-state index in [1.807, 2.05) is 11.0 Å². The monoisotopic (exact) mass is 295 g/mol. The van der Waals surface area contributed by atoms with Crippen LogP contribution in [0.5, 0.6) is 0 Å². The summed E-state index contributed by atoms with van der Waals surface area (Å²) < 4.78 is 0. The van der Waals surface area contributed by atoms with E-state index in [0.717, 1.165) is 32.4 Å². The number of hydrogen-bond acceptors (Lipinski definition) is 3. The first-order valence-corrected chi connectivity index (χ1v) is 7.77. The van der Waals surface area contributed by atoms with Crippen molar-refractivity contribution in [3.05, 3.63) is 59.9 Å². The molecule has 2 heterocycles. The highest BCUT2D eigenvalue weighted by molar-refractivity contribution is 5.92. The first-order valence-electron chi connectivity index (χ1n) is 7.77. The van der Waals surface area contributed by atoms with E-state index in [4.69, 9.17) is 5.73 Å². The Kier molecular flexibility index (Phi) is 4.37. The SMILES string of the molecule is Nc1ccc(C(=O)N2CCC(Cc3ccccc3)CC2)nc1. The van der Waals surface area contributed by atoms with Gasteiger partial charge < -0.3 is 10.6 Å². The van der Waals surface area contributed by atoms with Crippen LogP contribution in [0.15, 0.2) is 48.7 Å². The second-order valence-electron chi connectivity index (χ2n) is 5.90. The molecule has 1 fully saturated rings. The fraction of sp³-hybridized carbons (Fsp3) is 0.333. The van der Waals surface area contributed by atoms with Gasteiger partial charge >= 0.3 is 0 Å². The minimum atomic E-state index is 0.0122. The number of benzene rings is 1. The Balaban J connectivity index is 1.55. The Morgan fingerprint density at radius 2 is 1.86 bits per heavy atom. The topological polar surface area (TPSA) is 59.2 Å². The highest BCUT2D eigenvalue weighted by Crippen LogP contribution is 2.22. The summed E-state index contributed by atoms with van der Waals surface area (Å²) in [6, 6.07) is 14.0. The normalized spacial score (nSPS) is 15.7. The Hall–Kier alpha value is -2.36. The van der Waals surface area contributed by atoms with Gasteiger partial charge in [-0.2, -0.15) is 0 Å². The fourth-order valence-corrected chi connectivity index (χ4v) is 2.98. The number of anilines is 1. The molecule has 2 aromatic rings. The summed E-state index contributed by atoms with van der Waals surface area (Å²) in [4.78, 5) is 18.4. The third kappa shape index (κ3) is 3.45. The van der Waals surface area contributed by atoms with Crippen LogP contribution in [0.25, 0.3) is 0 Å². The second-order valence-corrected chi connectivity index (χ2v) is 5.90. The van der Waals surface area contributed by atoms with Crippen LogP contribution in [0.2, 0.25) is 0 Å². The van der Waals surface area contributed by atoms with Crippen LogP contribution in [-0.2, 0) is 6.42 Å². The number of rotatable bonds is 3. The molecule has 0 atom stereocenters. The van der Waals surface area contributed by atoms with Crippen molar-refractivity contribution in [1.29, 1.82) is 0 Å². The molecular weight excluding hydrogens is 274 g/mol. The molecule has 0 aliphatic carbocycles. The van der Waals surface area contributed by atoms with Crippen LogP contribution >= 0.6 is 0 Å². The lowest BCUT2D eigenvalue weighted by Crippen LogP contribution is -2.39. The van der Waals surface area contributed by atoms with Gasteiger partial charge in [-0.1, -0.05) is 30.3 Å². The quantitative estimate of drug-likeness (QED) is 0.947. The van der Waals surface area contributed by atoms with Crippen molar-refractivity contribution < 1.29 is 4.79 Å². The maximum absolute atomic E-state index is 12.4. The summed E-state index contributed by atoms with van der Waals surface area (Å²) >= 11 is 0. The summed E-state index contributed by atoms with van der Waals surface area (Å²) in [7, 11) is 0. The zero-order valence-electron chi connectivity index (χ0n) is 12.6. The van der Waals surface area contributed by atoms with Gasteiger partial charge in [-0.3, -0.25) is 4.79 Å². The molecule has 114 valence electrons. The first kappa shape index (κ1) is 14.6. The molecule has 1 aliphatic rings. The Morgan fingerprint density at radius 3 is 2.50 bits per heavy atom. The number of nitrogens with zero attached hydrogens (tertiary/aromatic N) is 2. The zero-order chi connectivity index (χ0) is 15.4. The lowest BCUT2D eigenvalue weighted by atomic mass is 9.90. The van der Waals surface area contributed by atoms with Crippen LogP contribution in [0.3, 0.4) is 0 Å². The molecule has 1 amide bonds. The number of pyridine rings is 1. The van der Waals surface area contributed by atoms with Crippen molar-refractivity contribution in [3.63, 3.8) is 0 Å². The van der Waals surface area contributed by atoms with Gasteiger partial charge in [-0.25, -0.2) is 4.98 Å². The van der Waals surface area contributed by atoms with Crippen molar-refractivity contribution in [2.75, 3.05) is 18.8 Å². The van der Waals surface area contributed by atoms with Gasteiger partial charge in [0.2, 0.25) is 0 Å². The molecule has 3 rings (SSSR count). The average Bonchev–Trinajstić information content (AvgIpc) is 2.57. The molecular formula is C18H21N3O. The molecule has 0 radical (unpaired) electrons. The van der Waals surface area contributed by atoms with Crippen molar-refractivity contribution in [1.82, 2.24) is 9.88 Å². The fourth-order valence-electron chi connectivity index (χ4n) is 2.98. The number of likely N-dealkylation sites (tertiary alicyclic amines) is 1. The van der Waals surface area contributed by atoms with Crippen LogP contribution in [0.4, 0.5) is 5.69 Å². The molecule has 1 aliphatic heterocycles. The second kappa shape index (κ2) is 6.60. The standard InChI is InChI=1S/C18H21N3O/c19-16-6-7-17(20-13-16)18(22)21-10-8-15(9-11-21)12-14-4-2-1-3-5-14/h1-7,13,15H,8-12,19H2. The van der Waals surface area contributed by atoms with E-state index >= 15 is 0 Å². The van der Waals surface area contributed by atoms with Gasteiger partial charge in [0, 0.05) is 13.1 Å². The number of nitrogens with two attached hydrogens (primary N) is 1. The highest BCUT2D eigenvalue weighted by atomic mass is 16.2. The number of aromatic nitrogens is 1. The number of nitrogen functional groups attached to an aromatic ring is 1. The largest absolute Gasteiger partial charge is 0.397 e. The summed E-state index contributed by atoms with van der Waals surface area (Å²) in [5, 5.41) is 0. The van der Waals surface area contributed by atoms with Crippen LogP contribution < -0.4 is 5.73 Å². The molecule has 1 saturated heterocycles.